The highest BCUT2D eigenvalue weighted by Crippen LogP contribution is 2.42. The average Bonchev–Trinajstić information content (AvgIpc) is 1.64. The zero-order valence-corrected chi connectivity index (χ0v) is 7.09. The monoisotopic (exact) mass is 178 g/mol. The van der Waals surface area contributed by atoms with Gasteiger partial charge in [-0.05, 0) is 24.4 Å². The van der Waals surface area contributed by atoms with Gasteiger partial charge in [-0.15, -0.1) is 9.53 Å². The smallest absolute Gasteiger partial charge is 0.271 e. The molecule has 9 heavy (non-hydrogen) atoms. The first-order chi connectivity index (χ1) is 4.12. The minimum Gasteiger partial charge on any atom is -0.271 e. The zero-order valence-electron chi connectivity index (χ0n) is 4.57. The van der Waals surface area contributed by atoms with Gasteiger partial charge in [0.1, 0.15) is 0 Å². The molecule has 0 aliphatic rings. The molecule has 0 saturated carbocycles. The molecular weight excluding hydrogens is 175 g/mol. The van der Waals surface area contributed by atoms with Gasteiger partial charge in [0.2, 0.25) is 0 Å². The standard InChI is InChI=1S/C3H3N2OPS2/c1-7(6,4-2-8)5-3-9/h1H3. The van der Waals surface area contributed by atoms with Crippen molar-refractivity contribution in [1.29, 1.82) is 0 Å². The van der Waals surface area contributed by atoms with Gasteiger partial charge < -0.3 is 0 Å². The molecule has 0 aliphatic heterocycles. The van der Waals surface area contributed by atoms with Crippen LogP contribution in [0, 0.1) is 0 Å². The Kier molecular flexibility index (Phi) is 3.71. The summed E-state index contributed by atoms with van der Waals surface area (Å²) in [7, 11) is -2.87. The van der Waals surface area contributed by atoms with Gasteiger partial charge in [0.25, 0.3) is 0 Å². The van der Waals surface area contributed by atoms with Crippen molar-refractivity contribution < 1.29 is 4.57 Å². The molecule has 0 bridgehead atoms. The Labute approximate surface area is 63.4 Å². The molecule has 0 aromatic carbocycles. The van der Waals surface area contributed by atoms with E-state index in [1.54, 1.807) is 0 Å². The van der Waals surface area contributed by atoms with Gasteiger partial charge in [-0.25, -0.2) is 0 Å². The van der Waals surface area contributed by atoms with Crippen molar-refractivity contribution in [3.8, 4) is 0 Å². The van der Waals surface area contributed by atoms with Gasteiger partial charge in [-0.3, -0.25) is 4.57 Å². The quantitative estimate of drug-likeness (QED) is 0.369. The van der Waals surface area contributed by atoms with Crippen molar-refractivity contribution in [2.24, 2.45) is 9.53 Å². The van der Waals surface area contributed by atoms with Crippen LogP contribution in [0.2, 0.25) is 0 Å². The number of hydrogen-bond donors (Lipinski definition) is 0. The summed E-state index contributed by atoms with van der Waals surface area (Å²) in [4.78, 5) is 0. The molecule has 0 aromatic heterocycles. The fourth-order valence-electron chi connectivity index (χ4n) is 0.174. The summed E-state index contributed by atoms with van der Waals surface area (Å²) in [5, 5.41) is 3.92. The highest BCUT2D eigenvalue weighted by atomic mass is 32.1. The van der Waals surface area contributed by atoms with E-state index in [2.05, 4.69) is 34.0 Å². The Balaban J connectivity index is 4.59. The van der Waals surface area contributed by atoms with E-state index in [9.17, 15) is 4.57 Å². The van der Waals surface area contributed by atoms with Crippen LogP contribution in [0.25, 0.3) is 0 Å². The Bertz CT molecular complexity index is 216. The van der Waals surface area contributed by atoms with E-state index in [-0.39, 0.29) is 0 Å². The Morgan fingerprint density at radius 3 is 1.89 bits per heavy atom. The van der Waals surface area contributed by atoms with Crippen LogP contribution in [0.15, 0.2) is 9.53 Å². The molecule has 0 radical (unpaired) electrons. The van der Waals surface area contributed by atoms with E-state index in [4.69, 9.17) is 0 Å². The number of nitrogens with zero attached hydrogens (tertiary/aromatic N) is 2. The fourth-order valence-corrected chi connectivity index (χ4v) is 1.43. The largest absolute Gasteiger partial charge is 0.313 e. The van der Waals surface area contributed by atoms with Crippen LogP contribution in [0.5, 0.6) is 0 Å². The van der Waals surface area contributed by atoms with Crippen LogP contribution in [-0.2, 0) is 4.57 Å². The van der Waals surface area contributed by atoms with Crippen molar-refractivity contribution in [2.75, 3.05) is 6.66 Å². The Morgan fingerprint density at radius 1 is 1.33 bits per heavy atom. The van der Waals surface area contributed by atoms with E-state index in [0.717, 1.165) is 0 Å². The molecule has 0 spiro atoms. The van der Waals surface area contributed by atoms with Crippen LogP contribution in [0.4, 0.5) is 0 Å². The summed E-state index contributed by atoms with van der Waals surface area (Å²) in [6.07, 6.45) is 0. The molecule has 0 saturated heterocycles. The van der Waals surface area contributed by atoms with Crippen molar-refractivity contribution in [3.05, 3.63) is 0 Å². The second kappa shape index (κ2) is 3.78. The molecule has 6 heteroatoms. The van der Waals surface area contributed by atoms with Crippen molar-refractivity contribution in [2.45, 2.75) is 0 Å². The van der Waals surface area contributed by atoms with Crippen LogP contribution in [0.3, 0.4) is 0 Å². The van der Waals surface area contributed by atoms with Gasteiger partial charge in [-0.1, -0.05) is 0 Å². The first-order valence-corrected chi connectivity index (χ1v) is 4.76. The third-order valence-electron chi connectivity index (χ3n) is 0.453. The molecule has 0 rings (SSSR count). The minimum absolute atomic E-state index is 1.32. The Morgan fingerprint density at radius 2 is 1.67 bits per heavy atom. The Hall–Kier alpha value is -0.170. The first kappa shape index (κ1) is 8.83. The molecule has 0 N–H and O–H groups in total. The van der Waals surface area contributed by atoms with Crippen LogP contribution < -0.4 is 0 Å². The highest BCUT2D eigenvalue weighted by molar-refractivity contribution is 7.79. The lowest BCUT2D eigenvalue weighted by atomic mass is 11.8. The van der Waals surface area contributed by atoms with E-state index < -0.39 is 7.44 Å². The lowest BCUT2D eigenvalue weighted by Crippen LogP contribution is -1.63. The summed E-state index contributed by atoms with van der Waals surface area (Å²) >= 11 is 8.41. The topological polar surface area (TPSA) is 41.8 Å². The second-order valence-electron chi connectivity index (χ2n) is 1.22. The molecule has 0 fully saturated rings. The first-order valence-electron chi connectivity index (χ1n) is 1.89. The maximum atomic E-state index is 10.8. The van der Waals surface area contributed by atoms with Gasteiger partial charge in [0.05, 0.1) is 10.3 Å². The molecule has 0 heterocycles. The maximum Gasteiger partial charge on any atom is 0.313 e. The average molecular weight is 178 g/mol. The van der Waals surface area contributed by atoms with Gasteiger partial charge in [-0.2, -0.15) is 0 Å². The van der Waals surface area contributed by atoms with Gasteiger partial charge in [0.15, 0.2) is 0 Å². The number of rotatable bonds is 2. The zero-order chi connectivity index (χ0) is 7.33. The predicted octanol–water partition coefficient (Wildman–Crippen LogP) is 2.01. The number of thiocarbonyl (C=S) groups is 2. The summed E-state index contributed by atoms with van der Waals surface area (Å²) in [5.74, 6) is 0. The van der Waals surface area contributed by atoms with Gasteiger partial charge >= 0.3 is 7.44 Å². The van der Waals surface area contributed by atoms with Crippen LogP contribution in [0.1, 0.15) is 0 Å². The normalized spacial score (nSPS) is 14.3. The minimum atomic E-state index is -2.87. The second-order valence-corrected chi connectivity index (χ2v) is 3.65. The maximum absolute atomic E-state index is 10.8. The van der Waals surface area contributed by atoms with E-state index >= 15 is 0 Å². The molecule has 0 aromatic rings. The van der Waals surface area contributed by atoms with E-state index in [1.165, 1.54) is 6.66 Å². The molecule has 48 valence electrons. The van der Waals surface area contributed by atoms with Crippen LogP contribution >= 0.6 is 31.9 Å². The summed E-state index contributed by atoms with van der Waals surface area (Å²) in [6, 6.07) is 0. The number of hydrogen-bond acceptors (Lipinski definition) is 3. The summed E-state index contributed by atoms with van der Waals surface area (Å²) in [5.41, 5.74) is 0. The van der Waals surface area contributed by atoms with Crippen molar-refractivity contribution in [1.82, 2.24) is 0 Å². The van der Waals surface area contributed by atoms with E-state index in [1.807, 2.05) is 10.3 Å². The van der Waals surface area contributed by atoms with E-state index in [0.29, 0.717) is 0 Å². The van der Waals surface area contributed by atoms with Gasteiger partial charge in [0, 0.05) is 6.66 Å². The molecule has 0 amide bonds. The van der Waals surface area contributed by atoms with Crippen molar-refractivity contribution in [3.63, 3.8) is 0 Å². The fraction of sp³-hybridized carbons (Fsp3) is 0.333. The molecule has 0 aliphatic carbocycles. The SMILES string of the molecule is CP(=O)(N=C=S)N=C=S. The third kappa shape index (κ3) is 4.34. The summed E-state index contributed by atoms with van der Waals surface area (Å²) < 4.78 is 17.4. The predicted molar refractivity (Wildman–Crippen MR) is 43.6 cm³/mol. The molecule has 0 unspecified atom stereocenters. The lowest BCUT2D eigenvalue weighted by molar-refractivity contribution is 0.581. The lowest BCUT2D eigenvalue weighted by Gasteiger charge is -1.89. The molecule has 3 nitrogen and oxygen atoms in total. The molecular formula is C3H3N2OPS2. The molecule has 0 atom stereocenters. The highest BCUT2D eigenvalue weighted by Gasteiger charge is 2.06. The summed E-state index contributed by atoms with van der Waals surface area (Å²) in [6.45, 7) is 1.32. The van der Waals surface area contributed by atoms with Crippen LogP contribution in [-0.4, -0.2) is 17.0 Å². The third-order valence-corrected chi connectivity index (χ3v) is 1.85. The number of isothiocyanates is 2. The van der Waals surface area contributed by atoms with Crippen molar-refractivity contribution >= 4 is 42.2 Å².